The van der Waals surface area contributed by atoms with E-state index in [1.807, 2.05) is 6.92 Å². The van der Waals surface area contributed by atoms with Crippen LogP contribution in [0.15, 0.2) is 12.2 Å². The molecule has 0 aliphatic carbocycles. The summed E-state index contributed by atoms with van der Waals surface area (Å²) < 4.78 is 14.4. The summed E-state index contributed by atoms with van der Waals surface area (Å²) in [6, 6.07) is -0.842. The zero-order valence-corrected chi connectivity index (χ0v) is 8.80. The van der Waals surface area contributed by atoms with Gasteiger partial charge in [0.25, 0.3) is 0 Å². The van der Waals surface area contributed by atoms with Gasteiger partial charge >= 0.3 is 7.82 Å². The summed E-state index contributed by atoms with van der Waals surface area (Å²) in [4.78, 5) is 16.7. The number of allylic oxidation sites excluding steroid dienone is 1. The topological polar surface area (TPSA) is 113 Å². The number of hydrogen-bond acceptors (Lipinski definition) is 4. The van der Waals surface area contributed by atoms with E-state index in [4.69, 9.17) is 15.5 Å². The van der Waals surface area contributed by atoms with Crippen molar-refractivity contribution in [2.45, 2.75) is 25.5 Å². The van der Waals surface area contributed by atoms with E-state index >= 15 is 0 Å². The van der Waals surface area contributed by atoms with E-state index < -0.39 is 20.0 Å². The lowest BCUT2D eigenvalue weighted by Crippen LogP contribution is -2.37. The van der Waals surface area contributed by atoms with E-state index in [0.29, 0.717) is 0 Å². The number of hydrogen-bond donors (Lipinski definition) is 4. The van der Waals surface area contributed by atoms with Gasteiger partial charge in [0.2, 0.25) is 0 Å². The summed E-state index contributed by atoms with van der Waals surface area (Å²) in [7, 11) is -4.50. The number of phosphoric ester groups is 1. The van der Waals surface area contributed by atoms with Crippen molar-refractivity contribution < 1.29 is 24.0 Å². The molecule has 0 heterocycles. The maximum atomic E-state index is 10.3. The molecule has 0 spiro atoms. The molecule has 5 N–H and O–H groups in total. The van der Waals surface area contributed by atoms with Crippen LogP contribution < -0.4 is 5.73 Å². The minimum absolute atomic E-state index is 0.389. The third kappa shape index (κ3) is 7.20. The second kappa shape index (κ2) is 6.29. The summed E-state index contributed by atoms with van der Waals surface area (Å²) in [6.07, 6.45) is 2.97. The SMILES string of the molecule is CC/C=C/C(O)C(N)COP(=O)(O)O. The van der Waals surface area contributed by atoms with E-state index in [2.05, 4.69) is 4.52 Å². The van der Waals surface area contributed by atoms with Crippen LogP contribution in [-0.2, 0) is 9.09 Å². The van der Waals surface area contributed by atoms with Crippen molar-refractivity contribution in [2.24, 2.45) is 5.73 Å². The van der Waals surface area contributed by atoms with E-state index in [1.54, 1.807) is 6.08 Å². The average Bonchev–Trinajstić information content (AvgIpc) is 2.09. The Labute approximate surface area is 82.6 Å². The molecule has 0 aliphatic rings. The van der Waals surface area contributed by atoms with Crippen LogP contribution in [0.2, 0.25) is 0 Å². The Morgan fingerprint density at radius 2 is 2.14 bits per heavy atom. The maximum absolute atomic E-state index is 10.3. The molecule has 0 saturated heterocycles. The molecule has 0 rings (SSSR count). The van der Waals surface area contributed by atoms with Crippen molar-refractivity contribution in [3.05, 3.63) is 12.2 Å². The van der Waals surface area contributed by atoms with Gasteiger partial charge in [0.05, 0.1) is 18.8 Å². The smallest absolute Gasteiger partial charge is 0.387 e. The minimum atomic E-state index is -4.50. The van der Waals surface area contributed by atoms with Crippen LogP contribution in [-0.4, -0.2) is 33.6 Å². The van der Waals surface area contributed by atoms with Gasteiger partial charge in [-0.05, 0) is 6.42 Å². The molecular weight excluding hydrogens is 209 g/mol. The highest BCUT2D eigenvalue weighted by Gasteiger charge is 2.19. The van der Waals surface area contributed by atoms with Crippen LogP contribution in [0.4, 0.5) is 0 Å². The predicted molar refractivity (Wildman–Crippen MR) is 51.4 cm³/mol. The van der Waals surface area contributed by atoms with Crippen molar-refractivity contribution in [3.8, 4) is 0 Å². The van der Waals surface area contributed by atoms with Gasteiger partial charge in [0.1, 0.15) is 0 Å². The molecule has 14 heavy (non-hydrogen) atoms. The van der Waals surface area contributed by atoms with E-state index in [9.17, 15) is 9.67 Å². The molecule has 0 bridgehead atoms. The first-order chi connectivity index (χ1) is 6.37. The van der Waals surface area contributed by atoms with Crippen LogP contribution in [0, 0.1) is 0 Å². The monoisotopic (exact) mass is 225 g/mol. The van der Waals surface area contributed by atoms with Crippen LogP contribution in [0.5, 0.6) is 0 Å². The number of phosphoric acid groups is 1. The van der Waals surface area contributed by atoms with Crippen molar-refractivity contribution in [1.29, 1.82) is 0 Å². The first-order valence-electron chi connectivity index (χ1n) is 4.17. The molecule has 0 aromatic heterocycles. The third-order valence-electron chi connectivity index (χ3n) is 1.44. The second-order valence-electron chi connectivity index (χ2n) is 2.78. The van der Waals surface area contributed by atoms with Crippen molar-refractivity contribution in [3.63, 3.8) is 0 Å². The van der Waals surface area contributed by atoms with Gasteiger partial charge in [-0.3, -0.25) is 4.52 Å². The fourth-order valence-corrected chi connectivity index (χ4v) is 1.07. The first-order valence-corrected chi connectivity index (χ1v) is 5.70. The number of aliphatic hydroxyl groups excluding tert-OH is 1. The Hall–Kier alpha value is -0.230. The summed E-state index contributed by atoms with van der Waals surface area (Å²) in [5.74, 6) is 0. The molecule has 0 aromatic rings. The van der Waals surface area contributed by atoms with Gasteiger partial charge in [-0.1, -0.05) is 19.1 Å². The number of rotatable bonds is 6. The standard InChI is InChI=1S/C7H16NO5P/c1-2-3-4-7(9)6(8)5-13-14(10,11)12/h3-4,6-7,9H,2,5,8H2,1H3,(H2,10,11,12)/b4-3+. The Kier molecular flexibility index (Phi) is 6.19. The average molecular weight is 225 g/mol. The van der Waals surface area contributed by atoms with Crippen molar-refractivity contribution in [2.75, 3.05) is 6.61 Å². The number of aliphatic hydroxyl groups is 1. The van der Waals surface area contributed by atoms with Gasteiger partial charge in [0, 0.05) is 0 Å². The van der Waals surface area contributed by atoms with Crippen LogP contribution in [0.3, 0.4) is 0 Å². The summed E-state index contributed by atoms with van der Waals surface area (Å²) in [6.45, 7) is 1.50. The molecule has 0 aromatic carbocycles. The molecule has 84 valence electrons. The van der Waals surface area contributed by atoms with Gasteiger partial charge in [-0.25, -0.2) is 4.57 Å². The molecule has 7 heteroatoms. The Morgan fingerprint density at radius 3 is 2.57 bits per heavy atom. The Bertz CT molecular complexity index is 226. The van der Waals surface area contributed by atoms with Crippen LogP contribution >= 0.6 is 7.82 Å². The maximum Gasteiger partial charge on any atom is 0.469 e. The van der Waals surface area contributed by atoms with Crippen molar-refractivity contribution >= 4 is 7.82 Å². The molecule has 0 radical (unpaired) electrons. The highest BCUT2D eigenvalue weighted by atomic mass is 31.2. The van der Waals surface area contributed by atoms with Gasteiger partial charge in [-0.2, -0.15) is 0 Å². The Balaban J connectivity index is 3.90. The van der Waals surface area contributed by atoms with E-state index in [-0.39, 0.29) is 6.61 Å². The zero-order chi connectivity index (χ0) is 11.2. The highest BCUT2D eigenvalue weighted by molar-refractivity contribution is 7.46. The van der Waals surface area contributed by atoms with Crippen molar-refractivity contribution in [1.82, 2.24) is 0 Å². The molecule has 0 saturated carbocycles. The fourth-order valence-electron chi connectivity index (χ4n) is 0.700. The van der Waals surface area contributed by atoms with Gasteiger partial charge in [-0.15, -0.1) is 0 Å². The Morgan fingerprint density at radius 1 is 1.57 bits per heavy atom. The van der Waals surface area contributed by atoms with E-state index in [1.165, 1.54) is 6.08 Å². The molecule has 2 atom stereocenters. The second-order valence-corrected chi connectivity index (χ2v) is 4.02. The summed E-state index contributed by atoms with van der Waals surface area (Å²) >= 11 is 0. The normalized spacial score (nSPS) is 17.2. The first kappa shape index (κ1) is 13.8. The van der Waals surface area contributed by atoms with E-state index in [0.717, 1.165) is 6.42 Å². The van der Waals surface area contributed by atoms with Gasteiger partial charge < -0.3 is 20.6 Å². The molecule has 6 nitrogen and oxygen atoms in total. The molecule has 0 fully saturated rings. The molecular formula is C7H16NO5P. The molecule has 0 amide bonds. The summed E-state index contributed by atoms with van der Waals surface area (Å²) in [5.41, 5.74) is 5.40. The largest absolute Gasteiger partial charge is 0.469 e. The lowest BCUT2D eigenvalue weighted by molar-refractivity contribution is 0.129. The fraction of sp³-hybridized carbons (Fsp3) is 0.714. The zero-order valence-electron chi connectivity index (χ0n) is 7.91. The third-order valence-corrected chi connectivity index (χ3v) is 1.93. The lowest BCUT2D eigenvalue weighted by Gasteiger charge is -2.15. The molecule has 2 unspecified atom stereocenters. The lowest BCUT2D eigenvalue weighted by atomic mass is 10.1. The highest BCUT2D eigenvalue weighted by Crippen LogP contribution is 2.35. The van der Waals surface area contributed by atoms with Gasteiger partial charge in [0.15, 0.2) is 0 Å². The molecule has 0 aliphatic heterocycles. The quantitative estimate of drug-likeness (QED) is 0.366. The minimum Gasteiger partial charge on any atom is -0.387 e. The number of nitrogens with two attached hydrogens (primary N) is 1. The predicted octanol–water partition coefficient (Wildman–Crippen LogP) is -0.250. The van der Waals surface area contributed by atoms with Crippen LogP contribution in [0.1, 0.15) is 13.3 Å². The summed E-state index contributed by atoms with van der Waals surface area (Å²) in [5, 5.41) is 9.30. The van der Waals surface area contributed by atoms with Crippen LogP contribution in [0.25, 0.3) is 0 Å².